The van der Waals surface area contributed by atoms with Crippen molar-refractivity contribution in [1.82, 2.24) is 15.1 Å². The number of rotatable bonds is 3. The van der Waals surface area contributed by atoms with Crippen LogP contribution >= 0.6 is 15.9 Å². The van der Waals surface area contributed by atoms with Crippen LogP contribution in [0.4, 0.5) is 10.2 Å². The van der Waals surface area contributed by atoms with Crippen LogP contribution in [0.2, 0.25) is 0 Å². The number of anilines is 1. The minimum atomic E-state index is -0.288. The Bertz CT molecular complexity index is 963. The molecule has 2 fully saturated rings. The van der Waals surface area contributed by atoms with Crippen molar-refractivity contribution >= 4 is 32.7 Å². The Morgan fingerprint density at radius 1 is 1.04 bits per heavy atom. The second-order valence-corrected chi connectivity index (χ2v) is 8.01. The Balaban J connectivity index is 1.31. The summed E-state index contributed by atoms with van der Waals surface area (Å²) in [7, 11) is 0. The highest BCUT2D eigenvalue weighted by atomic mass is 79.9. The summed E-state index contributed by atoms with van der Waals surface area (Å²) in [6.45, 7) is 1.77. The Labute approximate surface area is 158 Å². The summed E-state index contributed by atoms with van der Waals surface area (Å²) < 4.78 is 19.7. The van der Waals surface area contributed by atoms with Crippen molar-refractivity contribution < 1.29 is 8.91 Å². The number of pyridine rings is 1. The molecular formula is C19H18BrFN4O. The van der Waals surface area contributed by atoms with Crippen LogP contribution in [0.3, 0.4) is 0 Å². The summed E-state index contributed by atoms with van der Waals surface area (Å²) in [4.78, 5) is 11.5. The van der Waals surface area contributed by atoms with Gasteiger partial charge in [-0.2, -0.15) is 4.98 Å². The molecule has 3 aromatic rings. The average Bonchev–Trinajstić information content (AvgIpc) is 3.39. The van der Waals surface area contributed by atoms with Crippen LogP contribution in [0, 0.1) is 5.82 Å². The van der Waals surface area contributed by atoms with Crippen molar-refractivity contribution in [3.8, 4) is 0 Å². The zero-order chi connectivity index (χ0) is 17.7. The van der Waals surface area contributed by atoms with Crippen molar-refractivity contribution in [1.29, 1.82) is 0 Å². The SMILES string of the molecule is Fc1cc2nc(N3CCC(c4noc(C5CC5)n4)CC3)ccc2cc1Br. The molecule has 1 aliphatic carbocycles. The number of hydrogen-bond acceptors (Lipinski definition) is 5. The Morgan fingerprint density at radius 2 is 1.85 bits per heavy atom. The number of halogens is 2. The third-order valence-corrected chi connectivity index (χ3v) is 5.89. The van der Waals surface area contributed by atoms with Crippen molar-refractivity contribution in [3.05, 3.63) is 46.3 Å². The third kappa shape index (κ3) is 2.98. The lowest BCUT2D eigenvalue weighted by Gasteiger charge is -2.31. The van der Waals surface area contributed by atoms with E-state index < -0.39 is 0 Å². The summed E-state index contributed by atoms with van der Waals surface area (Å²) in [5.74, 6) is 3.11. The van der Waals surface area contributed by atoms with Gasteiger partial charge in [0.2, 0.25) is 5.89 Å². The van der Waals surface area contributed by atoms with Crippen LogP contribution < -0.4 is 4.90 Å². The average molecular weight is 417 g/mol. The van der Waals surface area contributed by atoms with Crippen LogP contribution in [0.1, 0.15) is 49.2 Å². The Hall–Kier alpha value is -2.02. The van der Waals surface area contributed by atoms with Gasteiger partial charge in [-0.05, 0) is 59.8 Å². The summed E-state index contributed by atoms with van der Waals surface area (Å²) >= 11 is 3.22. The largest absolute Gasteiger partial charge is 0.357 e. The predicted molar refractivity (Wildman–Crippen MR) is 99.9 cm³/mol. The van der Waals surface area contributed by atoms with E-state index in [1.54, 1.807) is 6.07 Å². The molecule has 134 valence electrons. The molecule has 1 saturated carbocycles. The number of benzene rings is 1. The van der Waals surface area contributed by atoms with E-state index in [2.05, 4.69) is 36.0 Å². The van der Waals surface area contributed by atoms with E-state index in [9.17, 15) is 4.39 Å². The minimum Gasteiger partial charge on any atom is -0.357 e. The second kappa shape index (κ2) is 6.30. The first kappa shape index (κ1) is 16.2. The molecule has 3 heterocycles. The molecule has 2 aromatic heterocycles. The van der Waals surface area contributed by atoms with Crippen molar-refractivity contribution in [2.75, 3.05) is 18.0 Å². The maximum Gasteiger partial charge on any atom is 0.229 e. The second-order valence-electron chi connectivity index (χ2n) is 7.15. The molecule has 0 bridgehead atoms. The maximum atomic E-state index is 13.8. The lowest BCUT2D eigenvalue weighted by molar-refractivity contribution is 0.364. The predicted octanol–water partition coefficient (Wildman–Crippen LogP) is 4.78. The lowest BCUT2D eigenvalue weighted by Crippen LogP contribution is -2.33. The van der Waals surface area contributed by atoms with Crippen LogP contribution in [0.5, 0.6) is 0 Å². The van der Waals surface area contributed by atoms with Gasteiger partial charge in [-0.3, -0.25) is 0 Å². The smallest absolute Gasteiger partial charge is 0.229 e. The molecule has 2 aliphatic rings. The number of hydrogen-bond donors (Lipinski definition) is 0. The van der Waals surface area contributed by atoms with E-state index >= 15 is 0 Å². The first-order chi connectivity index (χ1) is 12.7. The topological polar surface area (TPSA) is 55.1 Å². The Kier molecular flexibility index (Phi) is 3.92. The fourth-order valence-corrected chi connectivity index (χ4v) is 3.92. The molecule has 0 atom stereocenters. The zero-order valence-electron chi connectivity index (χ0n) is 14.2. The van der Waals surface area contributed by atoms with Gasteiger partial charge in [-0.1, -0.05) is 5.16 Å². The first-order valence-corrected chi connectivity index (χ1v) is 9.81. The van der Waals surface area contributed by atoms with E-state index in [1.807, 2.05) is 12.1 Å². The van der Waals surface area contributed by atoms with Gasteiger partial charge in [-0.15, -0.1) is 0 Å². The molecule has 0 radical (unpaired) electrons. The Morgan fingerprint density at radius 3 is 2.62 bits per heavy atom. The van der Waals surface area contributed by atoms with E-state index in [0.717, 1.165) is 48.9 Å². The maximum absolute atomic E-state index is 13.8. The summed E-state index contributed by atoms with van der Waals surface area (Å²) in [6, 6.07) is 7.25. The van der Waals surface area contributed by atoms with E-state index in [-0.39, 0.29) is 5.82 Å². The minimum absolute atomic E-state index is 0.288. The number of fused-ring (bicyclic) bond motifs is 1. The molecule has 7 heteroatoms. The fraction of sp³-hybridized carbons (Fsp3) is 0.421. The van der Waals surface area contributed by atoms with Gasteiger partial charge in [0.1, 0.15) is 11.6 Å². The molecule has 0 N–H and O–H groups in total. The summed E-state index contributed by atoms with van der Waals surface area (Å²) in [5, 5.41) is 5.12. The molecule has 5 rings (SSSR count). The monoisotopic (exact) mass is 416 g/mol. The highest BCUT2D eigenvalue weighted by molar-refractivity contribution is 9.10. The van der Waals surface area contributed by atoms with Crippen molar-refractivity contribution in [2.24, 2.45) is 0 Å². The molecule has 0 spiro atoms. The molecule has 5 nitrogen and oxygen atoms in total. The molecule has 1 saturated heterocycles. The van der Waals surface area contributed by atoms with E-state index in [1.165, 1.54) is 18.9 Å². The van der Waals surface area contributed by atoms with Gasteiger partial charge in [0.05, 0.1) is 9.99 Å². The zero-order valence-corrected chi connectivity index (χ0v) is 15.7. The van der Waals surface area contributed by atoms with Crippen LogP contribution in [0.15, 0.2) is 33.3 Å². The van der Waals surface area contributed by atoms with Crippen molar-refractivity contribution in [2.45, 2.75) is 37.5 Å². The third-order valence-electron chi connectivity index (χ3n) is 5.28. The first-order valence-electron chi connectivity index (χ1n) is 9.01. The van der Waals surface area contributed by atoms with Gasteiger partial charge in [0, 0.05) is 36.4 Å². The lowest BCUT2D eigenvalue weighted by atomic mass is 9.96. The van der Waals surface area contributed by atoms with Gasteiger partial charge in [0.15, 0.2) is 5.82 Å². The summed E-state index contributed by atoms with van der Waals surface area (Å²) in [6.07, 6.45) is 4.28. The van der Waals surface area contributed by atoms with Crippen LogP contribution in [-0.2, 0) is 0 Å². The standard InChI is InChI=1S/C19H18BrFN4O/c20-14-9-13-3-4-17(22-16(13)10-15(14)21)25-7-5-11(6-8-25)18-23-19(26-24-18)12-1-2-12/h3-4,9-12H,1-2,5-8H2. The highest BCUT2D eigenvalue weighted by Gasteiger charge is 2.32. The molecule has 1 aliphatic heterocycles. The fourth-order valence-electron chi connectivity index (χ4n) is 3.56. The van der Waals surface area contributed by atoms with E-state index in [4.69, 9.17) is 4.52 Å². The molecule has 0 unspecified atom stereocenters. The van der Waals surface area contributed by atoms with E-state index in [0.29, 0.717) is 21.8 Å². The van der Waals surface area contributed by atoms with Gasteiger partial charge < -0.3 is 9.42 Å². The normalized spacial score (nSPS) is 18.6. The number of nitrogens with zero attached hydrogens (tertiary/aromatic N) is 4. The van der Waals surface area contributed by atoms with Gasteiger partial charge >= 0.3 is 0 Å². The van der Waals surface area contributed by atoms with Crippen LogP contribution in [-0.4, -0.2) is 28.2 Å². The number of piperidine rings is 1. The van der Waals surface area contributed by atoms with Crippen LogP contribution in [0.25, 0.3) is 10.9 Å². The van der Waals surface area contributed by atoms with Crippen molar-refractivity contribution in [3.63, 3.8) is 0 Å². The van der Waals surface area contributed by atoms with Gasteiger partial charge in [-0.25, -0.2) is 9.37 Å². The summed E-state index contributed by atoms with van der Waals surface area (Å²) in [5.41, 5.74) is 0.678. The van der Waals surface area contributed by atoms with Gasteiger partial charge in [0.25, 0.3) is 0 Å². The quantitative estimate of drug-likeness (QED) is 0.614. The molecular weight excluding hydrogens is 399 g/mol. The molecule has 0 amide bonds. The molecule has 1 aromatic carbocycles. The highest BCUT2D eigenvalue weighted by Crippen LogP contribution is 2.40. The number of aromatic nitrogens is 3. The molecule has 26 heavy (non-hydrogen) atoms.